The molecule has 3 fully saturated rings. The van der Waals surface area contributed by atoms with Crippen LogP contribution in [-0.4, -0.2) is 31.0 Å². The van der Waals surface area contributed by atoms with Crippen LogP contribution in [0.2, 0.25) is 0 Å². The number of ether oxygens (including phenoxy) is 4. The zero-order valence-electron chi connectivity index (χ0n) is 18.1. The van der Waals surface area contributed by atoms with Crippen LogP contribution < -0.4 is 4.74 Å². The highest BCUT2D eigenvalue weighted by atomic mass is 16.7. The molecule has 1 amide bonds. The lowest BCUT2D eigenvalue weighted by atomic mass is 9.80. The standard InChI is InChI=1S/C25H27NO6/c1-17(13-23(27)26-28)19-5-7-21(8-6-19)29-16-18-3-2-4-20(14-18)25-10-9-24(15-22(25)32-25)30-11-12-31-24/h2-8,14,17,22H,9-13,15-16H2,1H3/t17-,22?,25?/m0/s1. The Bertz CT molecular complexity index is 1000. The van der Waals surface area contributed by atoms with Gasteiger partial charge in [0.25, 0.3) is 5.91 Å². The number of amides is 1. The first-order valence-corrected chi connectivity index (χ1v) is 11.2. The van der Waals surface area contributed by atoms with Gasteiger partial charge in [-0.2, -0.15) is 0 Å². The van der Waals surface area contributed by atoms with E-state index in [-0.39, 0.29) is 24.0 Å². The van der Waals surface area contributed by atoms with Crippen molar-refractivity contribution in [2.24, 2.45) is 5.18 Å². The molecule has 1 aliphatic carbocycles. The zero-order chi connectivity index (χ0) is 22.2. The molecule has 168 valence electrons. The first kappa shape index (κ1) is 21.2. The quantitative estimate of drug-likeness (QED) is 0.466. The van der Waals surface area contributed by atoms with Gasteiger partial charge in [0.05, 0.1) is 19.3 Å². The van der Waals surface area contributed by atoms with Gasteiger partial charge in [0.1, 0.15) is 18.0 Å². The molecule has 3 aliphatic rings. The van der Waals surface area contributed by atoms with Crippen molar-refractivity contribution in [1.82, 2.24) is 0 Å². The molecule has 0 N–H and O–H groups in total. The van der Waals surface area contributed by atoms with Crippen LogP contribution >= 0.6 is 0 Å². The van der Waals surface area contributed by atoms with Crippen molar-refractivity contribution < 1.29 is 23.7 Å². The predicted octanol–water partition coefficient (Wildman–Crippen LogP) is 4.57. The maximum atomic E-state index is 11.2. The summed E-state index contributed by atoms with van der Waals surface area (Å²) in [5.41, 5.74) is 3.02. The molecule has 7 nitrogen and oxygen atoms in total. The fraction of sp³-hybridized carbons (Fsp3) is 0.480. The molecule has 2 aromatic rings. The summed E-state index contributed by atoms with van der Waals surface area (Å²) >= 11 is 0. The van der Waals surface area contributed by atoms with Crippen LogP contribution in [0, 0.1) is 4.91 Å². The first-order valence-electron chi connectivity index (χ1n) is 11.2. The van der Waals surface area contributed by atoms with E-state index < -0.39 is 11.7 Å². The number of carbonyl (C=O) groups excluding carboxylic acids is 1. The molecule has 2 saturated heterocycles. The largest absolute Gasteiger partial charge is 0.489 e. The number of hydrogen-bond acceptors (Lipinski definition) is 6. The van der Waals surface area contributed by atoms with E-state index in [4.69, 9.17) is 18.9 Å². The van der Waals surface area contributed by atoms with Gasteiger partial charge in [-0.05, 0) is 47.2 Å². The van der Waals surface area contributed by atoms with Gasteiger partial charge in [0, 0.05) is 24.4 Å². The van der Waals surface area contributed by atoms with E-state index in [0.29, 0.717) is 19.8 Å². The maximum Gasteiger partial charge on any atom is 0.286 e. The van der Waals surface area contributed by atoms with Gasteiger partial charge in [-0.15, -0.1) is 4.91 Å². The Labute approximate surface area is 187 Å². The van der Waals surface area contributed by atoms with Gasteiger partial charge in [-0.25, -0.2) is 0 Å². The van der Waals surface area contributed by atoms with Crippen LogP contribution in [0.1, 0.15) is 55.2 Å². The molecule has 2 aromatic carbocycles. The van der Waals surface area contributed by atoms with Crippen LogP contribution in [0.3, 0.4) is 0 Å². The number of rotatable bonds is 7. The first-order chi connectivity index (χ1) is 15.5. The fourth-order valence-electron chi connectivity index (χ4n) is 4.97. The Morgan fingerprint density at radius 2 is 1.94 bits per heavy atom. The number of fused-ring (bicyclic) bond motifs is 1. The average Bonchev–Trinajstić information content (AvgIpc) is 3.38. The third kappa shape index (κ3) is 4.08. The van der Waals surface area contributed by atoms with Crippen molar-refractivity contribution >= 4 is 5.91 Å². The Morgan fingerprint density at radius 1 is 1.16 bits per heavy atom. The molecule has 32 heavy (non-hydrogen) atoms. The summed E-state index contributed by atoms with van der Waals surface area (Å²) in [7, 11) is 0. The SMILES string of the molecule is C[C@@H](CC(=O)N=O)c1ccc(OCc2cccc(C34CCC5(CC3O4)OCCO5)c2)cc1. The Kier molecular flexibility index (Phi) is 5.57. The second-order valence-electron chi connectivity index (χ2n) is 8.96. The molecule has 0 bridgehead atoms. The molecule has 0 aromatic heterocycles. The second kappa shape index (κ2) is 8.39. The molecule has 0 radical (unpaired) electrons. The minimum atomic E-state index is -0.629. The normalized spacial score (nSPS) is 26.3. The number of nitrogens with zero attached hydrogens (tertiary/aromatic N) is 1. The number of benzene rings is 2. The third-order valence-corrected chi connectivity index (χ3v) is 6.86. The van der Waals surface area contributed by atoms with E-state index in [9.17, 15) is 9.70 Å². The van der Waals surface area contributed by atoms with Gasteiger partial charge in [-0.1, -0.05) is 37.3 Å². The van der Waals surface area contributed by atoms with Gasteiger partial charge in [-0.3, -0.25) is 4.79 Å². The smallest absolute Gasteiger partial charge is 0.286 e. The Hall–Kier alpha value is -2.61. The third-order valence-electron chi connectivity index (χ3n) is 6.86. The molecule has 1 spiro atoms. The monoisotopic (exact) mass is 437 g/mol. The van der Waals surface area contributed by atoms with Gasteiger partial charge in [0.2, 0.25) is 0 Å². The maximum absolute atomic E-state index is 11.2. The van der Waals surface area contributed by atoms with E-state index in [1.165, 1.54) is 5.56 Å². The van der Waals surface area contributed by atoms with Crippen LogP contribution in [0.4, 0.5) is 0 Å². The lowest BCUT2D eigenvalue weighted by Gasteiger charge is -2.32. The van der Waals surface area contributed by atoms with Crippen LogP contribution in [-0.2, 0) is 31.2 Å². The molecular weight excluding hydrogens is 410 g/mol. The fourth-order valence-corrected chi connectivity index (χ4v) is 4.97. The van der Waals surface area contributed by atoms with Gasteiger partial charge < -0.3 is 18.9 Å². The zero-order valence-corrected chi connectivity index (χ0v) is 18.1. The molecule has 2 heterocycles. The second-order valence-corrected chi connectivity index (χ2v) is 8.96. The number of hydrogen-bond donors (Lipinski definition) is 0. The summed E-state index contributed by atoms with van der Waals surface area (Å²) in [5.74, 6) is -0.381. The lowest BCUT2D eigenvalue weighted by molar-refractivity contribution is -0.175. The molecule has 2 aliphatic heterocycles. The van der Waals surface area contributed by atoms with Crippen molar-refractivity contribution in [1.29, 1.82) is 0 Å². The van der Waals surface area contributed by atoms with E-state index in [0.717, 1.165) is 36.1 Å². The topological polar surface area (TPSA) is 86.7 Å². The van der Waals surface area contributed by atoms with Crippen molar-refractivity contribution in [2.75, 3.05) is 13.2 Å². The van der Waals surface area contributed by atoms with E-state index in [1.54, 1.807) is 0 Å². The highest BCUT2D eigenvalue weighted by molar-refractivity contribution is 5.77. The number of epoxide rings is 1. The van der Waals surface area contributed by atoms with Crippen molar-refractivity contribution in [2.45, 2.75) is 62.6 Å². The highest BCUT2D eigenvalue weighted by Crippen LogP contribution is 2.59. The van der Waals surface area contributed by atoms with E-state index >= 15 is 0 Å². The molecule has 5 rings (SSSR count). The van der Waals surface area contributed by atoms with Gasteiger partial charge in [0.15, 0.2) is 5.79 Å². The summed E-state index contributed by atoms with van der Waals surface area (Å²) in [5, 5.41) is 2.47. The number of carbonyl (C=O) groups is 1. The summed E-state index contributed by atoms with van der Waals surface area (Å²) in [6.07, 6.45) is 2.78. The van der Waals surface area contributed by atoms with Crippen LogP contribution in [0.5, 0.6) is 5.75 Å². The van der Waals surface area contributed by atoms with Gasteiger partial charge >= 0.3 is 0 Å². The van der Waals surface area contributed by atoms with Crippen molar-refractivity contribution in [3.8, 4) is 5.75 Å². The molecule has 1 saturated carbocycles. The summed E-state index contributed by atoms with van der Waals surface area (Å²) in [6.45, 7) is 3.68. The molecular formula is C25H27NO6. The average molecular weight is 437 g/mol. The predicted molar refractivity (Wildman–Crippen MR) is 116 cm³/mol. The lowest BCUT2D eigenvalue weighted by Crippen LogP contribution is -2.38. The van der Waals surface area contributed by atoms with Crippen molar-refractivity contribution in [3.63, 3.8) is 0 Å². The number of nitroso groups, excluding NO2 is 1. The highest BCUT2D eigenvalue weighted by Gasteiger charge is 2.64. The van der Waals surface area contributed by atoms with E-state index in [1.807, 2.05) is 31.2 Å². The summed E-state index contributed by atoms with van der Waals surface area (Å²) < 4.78 is 23.9. The summed E-state index contributed by atoms with van der Waals surface area (Å²) in [4.78, 5) is 21.5. The summed E-state index contributed by atoms with van der Waals surface area (Å²) in [6, 6.07) is 16.0. The Morgan fingerprint density at radius 3 is 2.66 bits per heavy atom. The molecule has 2 unspecified atom stereocenters. The van der Waals surface area contributed by atoms with E-state index in [2.05, 4.69) is 29.4 Å². The minimum Gasteiger partial charge on any atom is -0.489 e. The molecule has 7 heteroatoms. The molecule has 3 atom stereocenters. The Balaban J connectivity index is 1.19. The van der Waals surface area contributed by atoms with Crippen LogP contribution in [0.15, 0.2) is 53.7 Å². The van der Waals surface area contributed by atoms with Crippen LogP contribution in [0.25, 0.3) is 0 Å². The minimum absolute atomic E-state index is 0.0636. The van der Waals surface area contributed by atoms with Crippen molar-refractivity contribution in [3.05, 3.63) is 70.1 Å².